The summed E-state index contributed by atoms with van der Waals surface area (Å²) in [4.78, 5) is 27.6. The Morgan fingerprint density at radius 1 is 1.13 bits per heavy atom. The summed E-state index contributed by atoms with van der Waals surface area (Å²) in [5.41, 5.74) is 2.53. The molecule has 1 aromatic carbocycles. The molecule has 1 aliphatic rings. The van der Waals surface area contributed by atoms with E-state index in [0.717, 1.165) is 37.6 Å². The number of benzene rings is 1. The number of amides is 2. The lowest BCUT2D eigenvalue weighted by atomic mass is 10.2. The van der Waals surface area contributed by atoms with Crippen LogP contribution in [-0.2, 0) is 4.79 Å². The van der Waals surface area contributed by atoms with Gasteiger partial charge in [0.1, 0.15) is 0 Å². The van der Waals surface area contributed by atoms with E-state index in [9.17, 15) is 9.59 Å². The van der Waals surface area contributed by atoms with Crippen molar-refractivity contribution < 1.29 is 9.59 Å². The summed E-state index contributed by atoms with van der Waals surface area (Å²) in [6.07, 6.45) is 0. The molecule has 1 aliphatic heterocycles. The Labute approximate surface area is 139 Å². The van der Waals surface area contributed by atoms with E-state index < -0.39 is 0 Å². The van der Waals surface area contributed by atoms with Gasteiger partial charge >= 0.3 is 0 Å². The van der Waals surface area contributed by atoms with Crippen molar-refractivity contribution >= 4 is 34.5 Å². The normalized spacial score (nSPS) is 14.7. The van der Waals surface area contributed by atoms with E-state index >= 15 is 0 Å². The van der Waals surface area contributed by atoms with Crippen molar-refractivity contribution in [2.75, 3.05) is 36.4 Å². The highest BCUT2D eigenvalue weighted by molar-refractivity contribution is 7.08. The lowest BCUT2D eigenvalue weighted by Gasteiger charge is -2.35. The van der Waals surface area contributed by atoms with Crippen molar-refractivity contribution in [3.05, 3.63) is 46.7 Å². The summed E-state index contributed by atoms with van der Waals surface area (Å²) in [6, 6.07) is 9.65. The first kappa shape index (κ1) is 15.6. The summed E-state index contributed by atoms with van der Waals surface area (Å²) in [5, 5.41) is 6.65. The summed E-state index contributed by atoms with van der Waals surface area (Å²) in [6.45, 7) is 4.70. The molecule has 1 saturated heterocycles. The lowest BCUT2D eigenvalue weighted by Crippen LogP contribution is -2.48. The molecule has 6 heteroatoms. The third-order valence-electron chi connectivity index (χ3n) is 3.98. The number of hydrogen-bond acceptors (Lipinski definition) is 4. The molecular formula is C17H19N3O2S. The minimum atomic E-state index is -0.0928. The predicted octanol–water partition coefficient (Wildman–Crippen LogP) is 2.67. The first-order chi connectivity index (χ1) is 11.1. The van der Waals surface area contributed by atoms with Gasteiger partial charge in [-0.3, -0.25) is 9.59 Å². The van der Waals surface area contributed by atoms with Gasteiger partial charge < -0.3 is 15.1 Å². The second-order valence-corrected chi connectivity index (χ2v) is 6.29. The first-order valence-electron chi connectivity index (χ1n) is 7.57. The fourth-order valence-corrected chi connectivity index (χ4v) is 3.29. The van der Waals surface area contributed by atoms with E-state index in [4.69, 9.17) is 0 Å². The third kappa shape index (κ3) is 3.71. The molecule has 2 amide bonds. The van der Waals surface area contributed by atoms with Crippen LogP contribution in [0, 0.1) is 0 Å². The van der Waals surface area contributed by atoms with Gasteiger partial charge in [0.05, 0.1) is 5.56 Å². The number of carbonyl (C=O) groups is 2. The van der Waals surface area contributed by atoms with Crippen molar-refractivity contribution in [2.45, 2.75) is 6.92 Å². The average molecular weight is 329 g/mol. The Balaban J connectivity index is 1.66. The van der Waals surface area contributed by atoms with Crippen molar-refractivity contribution in [1.82, 2.24) is 4.90 Å². The van der Waals surface area contributed by atoms with Crippen LogP contribution in [-0.4, -0.2) is 42.9 Å². The topological polar surface area (TPSA) is 52.7 Å². The van der Waals surface area contributed by atoms with Crippen molar-refractivity contribution in [1.29, 1.82) is 0 Å². The maximum Gasteiger partial charge on any atom is 0.256 e. The van der Waals surface area contributed by atoms with Crippen LogP contribution in [0.2, 0.25) is 0 Å². The molecule has 5 nitrogen and oxygen atoms in total. The minimum Gasteiger partial charge on any atom is -0.368 e. The van der Waals surface area contributed by atoms with Gasteiger partial charge in [0.15, 0.2) is 0 Å². The van der Waals surface area contributed by atoms with Gasteiger partial charge in [-0.2, -0.15) is 11.3 Å². The van der Waals surface area contributed by atoms with Crippen molar-refractivity contribution in [2.24, 2.45) is 0 Å². The van der Waals surface area contributed by atoms with Crippen LogP contribution in [0.25, 0.3) is 0 Å². The van der Waals surface area contributed by atoms with Crippen LogP contribution in [0.15, 0.2) is 41.1 Å². The van der Waals surface area contributed by atoms with Crippen molar-refractivity contribution in [3.63, 3.8) is 0 Å². The van der Waals surface area contributed by atoms with E-state index in [-0.39, 0.29) is 11.8 Å². The molecule has 0 aliphatic carbocycles. The smallest absolute Gasteiger partial charge is 0.256 e. The number of thiophene rings is 1. The Morgan fingerprint density at radius 3 is 2.57 bits per heavy atom. The summed E-state index contributed by atoms with van der Waals surface area (Å²) < 4.78 is 0. The zero-order chi connectivity index (χ0) is 16.2. The monoisotopic (exact) mass is 329 g/mol. The number of nitrogens with zero attached hydrogens (tertiary/aromatic N) is 2. The van der Waals surface area contributed by atoms with Crippen LogP contribution < -0.4 is 10.2 Å². The molecule has 0 atom stereocenters. The highest BCUT2D eigenvalue weighted by Gasteiger charge is 2.19. The molecule has 23 heavy (non-hydrogen) atoms. The van der Waals surface area contributed by atoms with E-state index in [1.165, 1.54) is 11.3 Å². The largest absolute Gasteiger partial charge is 0.368 e. The standard InChI is InChI=1S/C17H19N3O2S/c1-13(21)19-6-8-20(9-7-19)16-4-2-3-15(11-16)18-17(22)14-5-10-23-12-14/h2-5,10-12H,6-9H2,1H3,(H,18,22). The predicted molar refractivity (Wildman–Crippen MR) is 93.2 cm³/mol. The van der Waals surface area contributed by atoms with E-state index in [2.05, 4.69) is 10.2 Å². The number of nitrogens with one attached hydrogen (secondary N) is 1. The molecule has 1 fully saturated rings. The highest BCUT2D eigenvalue weighted by Crippen LogP contribution is 2.21. The molecule has 120 valence electrons. The van der Waals surface area contributed by atoms with Gasteiger partial charge in [0.25, 0.3) is 5.91 Å². The van der Waals surface area contributed by atoms with Crippen LogP contribution in [0.4, 0.5) is 11.4 Å². The maximum absolute atomic E-state index is 12.1. The maximum atomic E-state index is 12.1. The van der Waals surface area contributed by atoms with Gasteiger partial charge in [-0.05, 0) is 29.6 Å². The molecule has 0 saturated carbocycles. The number of piperazine rings is 1. The minimum absolute atomic E-state index is 0.0928. The Hall–Kier alpha value is -2.34. The van der Waals surface area contributed by atoms with Crippen LogP contribution >= 0.6 is 11.3 Å². The van der Waals surface area contributed by atoms with E-state index in [0.29, 0.717) is 5.56 Å². The zero-order valence-corrected chi connectivity index (χ0v) is 13.8. The van der Waals surface area contributed by atoms with E-state index in [1.54, 1.807) is 6.92 Å². The lowest BCUT2D eigenvalue weighted by molar-refractivity contribution is -0.129. The molecule has 2 heterocycles. The molecule has 0 spiro atoms. The van der Waals surface area contributed by atoms with Gasteiger partial charge in [0.2, 0.25) is 5.91 Å². The molecule has 0 bridgehead atoms. The van der Waals surface area contributed by atoms with Gasteiger partial charge in [-0.15, -0.1) is 0 Å². The molecular weight excluding hydrogens is 310 g/mol. The molecule has 0 unspecified atom stereocenters. The molecule has 2 aromatic rings. The Bertz CT molecular complexity index is 692. The summed E-state index contributed by atoms with van der Waals surface area (Å²) in [5.74, 6) is 0.0335. The quantitative estimate of drug-likeness (QED) is 0.942. The summed E-state index contributed by atoms with van der Waals surface area (Å²) >= 11 is 1.51. The third-order valence-corrected chi connectivity index (χ3v) is 4.66. The number of anilines is 2. The number of rotatable bonds is 3. The van der Waals surface area contributed by atoms with Crippen LogP contribution in [0.1, 0.15) is 17.3 Å². The highest BCUT2D eigenvalue weighted by atomic mass is 32.1. The average Bonchev–Trinajstić information content (AvgIpc) is 3.10. The second-order valence-electron chi connectivity index (χ2n) is 5.51. The molecule has 1 aromatic heterocycles. The fourth-order valence-electron chi connectivity index (χ4n) is 2.66. The zero-order valence-electron chi connectivity index (χ0n) is 13.0. The van der Waals surface area contributed by atoms with Crippen LogP contribution in [0.3, 0.4) is 0 Å². The molecule has 1 N–H and O–H groups in total. The number of hydrogen-bond donors (Lipinski definition) is 1. The van der Waals surface area contributed by atoms with Gasteiger partial charge in [0, 0.05) is 49.9 Å². The van der Waals surface area contributed by atoms with Crippen LogP contribution in [0.5, 0.6) is 0 Å². The summed E-state index contributed by atoms with van der Waals surface area (Å²) in [7, 11) is 0. The van der Waals surface area contributed by atoms with Crippen molar-refractivity contribution in [3.8, 4) is 0 Å². The second kappa shape index (κ2) is 6.83. The van der Waals surface area contributed by atoms with Gasteiger partial charge in [-0.25, -0.2) is 0 Å². The number of carbonyl (C=O) groups excluding carboxylic acids is 2. The Kier molecular flexibility index (Phi) is 4.62. The molecule has 3 rings (SSSR count). The van der Waals surface area contributed by atoms with E-state index in [1.807, 2.05) is 46.0 Å². The SMILES string of the molecule is CC(=O)N1CCN(c2cccc(NC(=O)c3ccsc3)c2)CC1. The fraction of sp³-hybridized carbons (Fsp3) is 0.294. The Morgan fingerprint density at radius 2 is 1.91 bits per heavy atom. The molecule has 0 radical (unpaired) electrons. The first-order valence-corrected chi connectivity index (χ1v) is 8.52. The van der Waals surface area contributed by atoms with Gasteiger partial charge in [-0.1, -0.05) is 6.07 Å².